The Hall–Kier alpha value is -1.10. The summed E-state index contributed by atoms with van der Waals surface area (Å²) in [5, 5.41) is 4.06. The van der Waals surface area contributed by atoms with E-state index in [-0.39, 0.29) is 18.0 Å². The first-order valence-corrected chi connectivity index (χ1v) is 7.34. The van der Waals surface area contributed by atoms with Crippen molar-refractivity contribution in [2.75, 3.05) is 26.3 Å². The van der Waals surface area contributed by atoms with E-state index >= 15 is 0 Å². The van der Waals surface area contributed by atoms with Gasteiger partial charge in [0.25, 0.3) is 0 Å². The minimum absolute atomic E-state index is 0.104. The molecular formula is C15H21ClN2O2. The molecule has 5 heteroatoms. The van der Waals surface area contributed by atoms with Gasteiger partial charge in [-0.15, -0.1) is 0 Å². The maximum absolute atomic E-state index is 12.3. The normalized spacial score (nSPS) is 18.6. The first kappa shape index (κ1) is 15.3. The van der Waals surface area contributed by atoms with Gasteiger partial charge in [-0.25, -0.2) is 0 Å². The molecule has 2 atom stereocenters. The Morgan fingerprint density at radius 2 is 1.85 bits per heavy atom. The Labute approximate surface area is 125 Å². The van der Waals surface area contributed by atoms with E-state index in [1.165, 1.54) is 0 Å². The van der Waals surface area contributed by atoms with Crippen molar-refractivity contribution in [1.29, 1.82) is 0 Å². The number of rotatable bonds is 4. The zero-order valence-corrected chi connectivity index (χ0v) is 12.7. The van der Waals surface area contributed by atoms with Crippen molar-refractivity contribution >= 4 is 17.5 Å². The maximum Gasteiger partial charge on any atom is 0.239 e. The van der Waals surface area contributed by atoms with Gasteiger partial charge in [-0.3, -0.25) is 10.1 Å². The number of morpholine rings is 1. The highest BCUT2D eigenvalue weighted by molar-refractivity contribution is 6.30. The molecule has 1 aliphatic heterocycles. The van der Waals surface area contributed by atoms with Crippen molar-refractivity contribution in [3.8, 4) is 0 Å². The van der Waals surface area contributed by atoms with E-state index in [4.69, 9.17) is 16.3 Å². The number of hydrogen-bond donors (Lipinski definition) is 1. The van der Waals surface area contributed by atoms with Crippen LogP contribution in [-0.2, 0) is 9.53 Å². The lowest BCUT2D eigenvalue weighted by Gasteiger charge is -2.30. The molecule has 1 aliphatic rings. The van der Waals surface area contributed by atoms with Crippen LogP contribution in [0.5, 0.6) is 0 Å². The van der Waals surface area contributed by atoms with Crippen molar-refractivity contribution in [2.45, 2.75) is 25.9 Å². The van der Waals surface area contributed by atoms with E-state index in [9.17, 15) is 4.79 Å². The molecule has 0 aliphatic carbocycles. The molecule has 4 nitrogen and oxygen atoms in total. The lowest BCUT2D eigenvalue weighted by atomic mass is 10.1. The summed E-state index contributed by atoms with van der Waals surface area (Å²) in [4.78, 5) is 14.2. The largest absolute Gasteiger partial charge is 0.378 e. The second kappa shape index (κ2) is 7.07. The Morgan fingerprint density at radius 3 is 2.45 bits per heavy atom. The summed E-state index contributed by atoms with van der Waals surface area (Å²) in [6, 6.07) is 7.58. The molecule has 1 amide bonds. The third kappa shape index (κ3) is 3.95. The fourth-order valence-electron chi connectivity index (χ4n) is 2.35. The Morgan fingerprint density at radius 1 is 1.25 bits per heavy atom. The van der Waals surface area contributed by atoms with Crippen molar-refractivity contribution in [3.05, 3.63) is 34.9 Å². The van der Waals surface area contributed by atoms with Crippen LogP contribution >= 0.6 is 11.6 Å². The summed E-state index contributed by atoms with van der Waals surface area (Å²) in [5.41, 5.74) is 1.12. The smallest absolute Gasteiger partial charge is 0.239 e. The number of carbonyl (C=O) groups excluding carboxylic acids is 1. The standard InChI is InChI=1S/C15H21ClN2O2/c1-11(13-3-5-14(16)6-4-13)17-12(2)15(19)18-7-9-20-10-8-18/h3-6,11-12,17H,7-10H2,1-2H3/t11-,12?/m0/s1. The van der Waals surface area contributed by atoms with E-state index in [1.54, 1.807) is 0 Å². The van der Waals surface area contributed by atoms with Gasteiger partial charge in [-0.2, -0.15) is 0 Å². The highest BCUT2D eigenvalue weighted by Crippen LogP contribution is 2.17. The topological polar surface area (TPSA) is 41.6 Å². The van der Waals surface area contributed by atoms with E-state index in [2.05, 4.69) is 5.32 Å². The molecular weight excluding hydrogens is 276 g/mol. The third-order valence-corrected chi connectivity index (χ3v) is 3.82. The molecule has 0 saturated carbocycles. The fraction of sp³-hybridized carbons (Fsp3) is 0.533. The fourth-order valence-corrected chi connectivity index (χ4v) is 2.48. The number of amides is 1. The summed E-state index contributed by atoms with van der Waals surface area (Å²) in [5.74, 6) is 0.133. The maximum atomic E-state index is 12.3. The van der Waals surface area contributed by atoms with E-state index in [1.807, 2.05) is 43.0 Å². The van der Waals surface area contributed by atoms with E-state index < -0.39 is 0 Å². The van der Waals surface area contributed by atoms with Crippen LogP contribution in [0.4, 0.5) is 0 Å². The molecule has 0 bridgehead atoms. The molecule has 20 heavy (non-hydrogen) atoms. The molecule has 1 aromatic rings. The van der Waals surface area contributed by atoms with Crippen LogP contribution in [0.2, 0.25) is 5.02 Å². The molecule has 2 rings (SSSR count). The first-order valence-electron chi connectivity index (χ1n) is 6.96. The molecule has 1 heterocycles. The van der Waals surface area contributed by atoms with Gasteiger partial charge in [0, 0.05) is 24.2 Å². The minimum Gasteiger partial charge on any atom is -0.378 e. The Kier molecular flexibility index (Phi) is 5.40. The highest BCUT2D eigenvalue weighted by Gasteiger charge is 2.23. The zero-order valence-electron chi connectivity index (χ0n) is 11.9. The quantitative estimate of drug-likeness (QED) is 0.926. The van der Waals surface area contributed by atoms with Crippen LogP contribution in [0, 0.1) is 0 Å². The van der Waals surface area contributed by atoms with Crippen molar-refractivity contribution in [1.82, 2.24) is 10.2 Å². The second-order valence-electron chi connectivity index (χ2n) is 5.10. The zero-order chi connectivity index (χ0) is 14.5. The summed E-state index contributed by atoms with van der Waals surface area (Å²) in [6.07, 6.45) is 0. The number of benzene rings is 1. The lowest BCUT2D eigenvalue weighted by molar-refractivity contribution is -0.137. The summed E-state index contributed by atoms with van der Waals surface area (Å²) in [7, 11) is 0. The van der Waals surface area contributed by atoms with Crippen LogP contribution < -0.4 is 5.32 Å². The number of carbonyl (C=O) groups is 1. The number of hydrogen-bond acceptors (Lipinski definition) is 3. The number of nitrogens with zero attached hydrogens (tertiary/aromatic N) is 1. The molecule has 1 N–H and O–H groups in total. The van der Waals surface area contributed by atoms with Crippen LogP contribution in [0.25, 0.3) is 0 Å². The lowest BCUT2D eigenvalue weighted by Crippen LogP contribution is -2.49. The number of ether oxygens (including phenoxy) is 1. The summed E-state index contributed by atoms with van der Waals surface area (Å²) in [6.45, 7) is 6.58. The van der Waals surface area contributed by atoms with Gasteiger partial charge in [-0.1, -0.05) is 23.7 Å². The Bertz CT molecular complexity index is 444. The van der Waals surface area contributed by atoms with Crippen LogP contribution in [0.1, 0.15) is 25.5 Å². The molecule has 0 spiro atoms. The van der Waals surface area contributed by atoms with Gasteiger partial charge < -0.3 is 9.64 Å². The predicted molar refractivity (Wildman–Crippen MR) is 79.9 cm³/mol. The molecule has 1 fully saturated rings. The number of nitrogens with one attached hydrogen (secondary N) is 1. The van der Waals surface area contributed by atoms with Gasteiger partial charge in [0.05, 0.1) is 19.3 Å². The van der Waals surface area contributed by atoms with Gasteiger partial charge in [0.2, 0.25) is 5.91 Å². The average Bonchev–Trinajstić information content (AvgIpc) is 2.48. The molecule has 110 valence electrons. The molecule has 0 radical (unpaired) electrons. The highest BCUT2D eigenvalue weighted by atomic mass is 35.5. The third-order valence-electron chi connectivity index (χ3n) is 3.56. The first-order chi connectivity index (χ1) is 9.58. The molecule has 1 unspecified atom stereocenters. The van der Waals surface area contributed by atoms with Crippen molar-refractivity contribution in [2.24, 2.45) is 0 Å². The monoisotopic (exact) mass is 296 g/mol. The summed E-state index contributed by atoms with van der Waals surface area (Å²) < 4.78 is 5.26. The van der Waals surface area contributed by atoms with E-state index in [0.29, 0.717) is 26.3 Å². The van der Waals surface area contributed by atoms with Gasteiger partial charge in [0.15, 0.2) is 0 Å². The Balaban J connectivity index is 1.91. The van der Waals surface area contributed by atoms with Crippen LogP contribution in [-0.4, -0.2) is 43.2 Å². The molecule has 1 saturated heterocycles. The van der Waals surface area contributed by atoms with Gasteiger partial charge in [-0.05, 0) is 31.5 Å². The summed E-state index contributed by atoms with van der Waals surface area (Å²) >= 11 is 5.88. The van der Waals surface area contributed by atoms with E-state index in [0.717, 1.165) is 10.6 Å². The minimum atomic E-state index is -0.209. The molecule has 0 aromatic heterocycles. The van der Waals surface area contributed by atoms with Crippen LogP contribution in [0.15, 0.2) is 24.3 Å². The van der Waals surface area contributed by atoms with Gasteiger partial charge >= 0.3 is 0 Å². The van der Waals surface area contributed by atoms with Crippen LogP contribution in [0.3, 0.4) is 0 Å². The second-order valence-corrected chi connectivity index (χ2v) is 5.54. The van der Waals surface area contributed by atoms with Gasteiger partial charge in [0.1, 0.15) is 0 Å². The SMILES string of the molecule is CC(N[C@@H](C)c1ccc(Cl)cc1)C(=O)N1CCOCC1. The predicted octanol–water partition coefficient (Wildman–Crippen LogP) is 2.24. The molecule has 1 aromatic carbocycles. The van der Waals surface area contributed by atoms with Crippen molar-refractivity contribution in [3.63, 3.8) is 0 Å². The average molecular weight is 297 g/mol. The number of halogens is 1. The van der Waals surface area contributed by atoms with Crippen molar-refractivity contribution < 1.29 is 9.53 Å².